The number of hydrogen-bond acceptors (Lipinski definition) is 2. The van der Waals surface area contributed by atoms with Gasteiger partial charge in [0.05, 0.1) is 13.0 Å². The zero-order chi connectivity index (χ0) is 14.8. The van der Waals surface area contributed by atoms with Crippen molar-refractivity contribution in [2.75, 3.05) is 7.11 Å². The predicted octanol–water partition coefficient (Wildman–Crippen LogP) is 3.21. The highest BCUT2D eigenvalue weighted by atomic mass is 19.3. The SMILES string of the molecule is COc1c(F)cc(C(C)(F)F)cc1CC(C)C(=O)O. The molecule has 1 rings (SSSR count). The summed E-state index contributed by atoms with van der Waals surface area (Å²) < 4.78 is 44.9. The van der Waals surface area contributed by atoms with E-state index in [-0.39, 0.29) is 17.7 Å². The molecule has 19 heavy (non-hydrogen) atoms. The molecule has 0 aliphatic heterocycles. The number of methoxy groups -OCH3 is 1. The Balaban J connectivity index is 3.27. The number of halogens is 3. The van der Waals surface area contributed by atoms with Crippen LogP contribution in [0.1, 0.15) is 25.0 Å². The number of aliphatic carboxylic acids is 1. The predicted molar refractivity (Wildman–Crippen MR) is 63.0 cm³/mol. The summed E-state index contributed by atoms with van der Waals surface area (Å²) in [6.45, 7) is 2.06. The number of alkyl halides is 2. The van der Waals surface area contributed by atoms with Crippen molar-refractivity contribution in [2.45, 2.75) is 26.2 Å². The van der Waals surface area contributed by atoms with Gasteiger partial charge in [-0.05, 0) is 24.1 Å². The first kappa shape index (κ1) is 15.3. The second-order valence-electron chi connectivity index (χ2n) is 4.48. The molecule has 1 atom stereocenters. The molecular formula is C13H15F3O3. The van der Waals surface area contributed by atoms with E-state index in [1.807, 2.05) is 0 Å². The lowest BCUT2D eigenvalue weighted by Crippen LogP contribution is -2.15. The minimum atomic E-state index is -3.20. The molecule has 0 radical (unpaired) electrons. The van der Waals surface area contributed by atoms with Crippen molar-refractivity contribution in [2.24, 2.45) is 5.92 Å². The molecule has 0 saturated carbocycles. The molecule has 1 aromatic rings. The Bertz CT molecular complexity index is 481. The van der Waals surface area contributed by atoms with Gasteiger partial charge in [0.15, 0.2) is 11.6 Å². The Morgan fingerprint density at radius 1 is 1.47 bits per heavy atom. The number of hydrogen-bond donors (Lipinski definition) is 1. The van der Waals surface area contributed by atoms with Gasteiger partial charge in [0.1, 0.15) is 0 Å². The number of carboxylic acid groups (broad SMARTS) is 1. The van der Waals surface area contributed by atoms with Crippen molar-refractivity contribution >= 4 is 5.97 Å². The molecule has 0 aliphatic rings. The second kappa shape index (κ2) is 5.50. The Hall–Kier alpha value is -1.72. The van der Waals surface area contributed by atoms with Gasteiger partial charge in [0, 0.05) is 12.5 Å². The Kier molecular flexibility index (Phi) is 4.44. The van der Waals surface area contributed by atoms with E-state index < -0.39 is 29.2 Å². The minimum absolute atomic E-state index is 0.0840. The quantitative estimate of drug-likeness (QED) is 0.898. The molecule has 1 aromatic carbocycles. The summed E-state index contributed by atoms with van der Waals surface area (Å²) in [5.41, 5.74) is -0.382. The monoisotopic (exact) mass is 276 g/mol. The van der Waals surface area contributed by atoms with Gasteiger partial charge in [0.2, 0.25) is 0 Å². The van der Waals surface area contributed by atoms with Crippen LogP contribution in [0.5, 0.6) is 5.75 Å². The average Bonchev–Trinajstić information content (AvgIpc) is 2.27. The second-order valence-corrected chi connectivity index (χ2v) is 4.48. The molecule has 0 amide bonds. The van der Waals surface area contributed by atoms with Gasteiger partial charge in [-0.2, -0.15) is 0 Å². The van der Waals surface area contributed by atoms with E-state index in [9.17, 15) is 18.0 Å². The molecule has 1 unspecified atom stereocenters. The molecule has 3 nitrogen and oxygen atoms in total. The first-order valence-electron chi connectivity index (χ1n) is 5.64. The van der Waals surface area contributed by atoms with Crippen LogP contribution in [-0.2, 0) is 17.1 Å². The van der Waals surface area contributed by atoms with Crippen molar-refractivity contribution in [3.05, 3.63) is 29.1 Å². The number of carbonyl (C=O) groups is 1. The largest absolute Gasteiger partial charge is 0.493 e. The Morgan fingerprint density at radius 3 is 2.47 bits per heavy atom. The number of carboxylic acids is 1. The molecule has 0 saturated heterocycles. The fraction of sp³-hybridized carbons (Fsp3) is 0.462. The summed E-state index contributed by atoms with van der Waals surface area (Å²) in [5.74, 6) is -6.23. The van der Waals surface area contributed by atoms with Crippen LogP contribution < -0.4 is 4.74 Å². The van der Waals surface area contributed by atoms with Crippen LogP contribution in [0.2, 0.25) is 0 Å². The number of benzene rings is 1. The van der Waals surface area contributed by atoms with E-state index in [0.29, 0.717) is 13.0 Å². The molecule has 1 N–H and O–H groups in total. The zero-order valence-electron chi connectivity index (χ0n) is 10.8. The Morgan fingerprint density at radius 2 is 2.05 bits per heavy atom. The van der Waals surface area contributed by atoms with Crippen molar-refractivity contribution < 1.29 is 27.8 Å². The van der Waals surface area contributed by atoms with Crippen molar-refractivity contribution in [1.29, 1.82) is 0 Å². The summed E-state index contributed by atoms with van der Waals surface area (Å²) in [6.07, 6.45) is -0.0840. The van der Waals surface area contributed by atoms with Gasteiger partial charge >= 0.3 is 5.97 Å². The van der Waals surface area contributed by atoms with Gasteiger partial charge in [-0.25, -0.2) is 13.2 Å². The normalized spacial score (nSPS) is 13.2. The fourth-order valence-corrected chi connectivity index (χ4v) is 1.70. The molecule has 0 spiro atoms. The summed E-state index contributed by atoms with van der Waals surface area (Å²) in [6, 6.07) is 1.79. The van der Waals surface area contributed by atoms with Gasteiger partial charge in [-0.1, -0.05) is 6.92 Å². The third-order valence-electron chi connectivity index (χ3n) is 2.78. The van der Waals surface area contributed by atoms with Crippen LogP contribution in [0, 0.1) is 11.7 Å². The molecule has 0 bridgehead atoms. The third-order valence-corrected chi connectivity index (χ3v) is 2.78. The van der Waals surface area contributed by atoms with Gasteiger partial charge < -0.3 is 9.84 Å². The molecule has 0 heterocycles. The van der Waals surface area contributed by atoms with Crippen LogP contribution in [-0.4, -0.2) is 18.2 Å². The highest BCUT2D eigenvalue weighted by molar-refractivity contribution is 5.70. The zero-order valence-corrected chi connectivity index (χ0v) is 10.8. The van der Waals surface area contributed by atoms with Gasteiger partial charge in [-0.3, -0.25) is 4.79 Å². The maximum atomic E-state index is 13.7. The molecule has 0 fully saturated rings. The lowest BCUT2D eigenvalue weighted by Gasteiger charge is -2.17. The van der Waals surface area contributed by atoms with Crippen LogP contribution in [0.25, 0.3) is 0 Å². The summed E-state index contributed by atoms with van der Waals surface area (Å²) in [4.78, 5) is 10.8. The van der Waals surface area contributed by atoms with Crippen LogP contribution in [0.4, 0.5) is 13.2 Å². The first-order valence-corrected chi connectivity index (χ1v) is 5.64. The molecule has 106 valence electrons. The van der Waals surface area contributed by atoms with Crippen LogP contribution >= 0.6 is 0 Å². The van der Waals surface area contributed by atoms with E-state index in [4.69, 9.17) is 9.84 Å². The minimum Gasteiger partial charge on any atom is -0.493 e. The molecular weight excluding hydrogens is 261 g/mol. The summed E-state index contributed by atoms with van der Waals surface area (Å²) in [7, 11) is 1.21. The van der Waals surface area contributed by atoms with Crippen LogP contribution in [0.3, 0.4) is 0 Å². The highest BCUT2D eigenvalue weighted by Gasteiger charge is 2.28. The standard InChI is InChI=1S/C13H15F3O3/c1-7(12(17)18)4-8-5-9(13(2,15)16)6-10(14)11(8)19-3/h5-7H,4H2,1-3H3,(H,17,18). The maximum Gasteiger partial charge on any atom is 0.306 e. The van der Waals surface area contributed by atoms with E-state index >= 15 is 0 Å². The van der Waals surface area contributed by atoms with E-state index in [1.54, 1.807) is 0 Å². The first-order chi connectivity index (χ1) is 8.66. The molecule has 0 aliphatic carbocycles. The lowest BCUT2D eigenvalue weighted by atomic mass is 9.97. The lowest BCUT2D eigenvalue weighted by molar-refractivity contribution is -0.141. The topological polar surface area (TPSA) is 46.5 Å². The number of ether oxygens (including phenoxy) is 1. The van der Waals surface area contributed by atoms with Gasteiger partial charge in [0.25, 0.3) is 5.92 Å². The van der Waals surface area contributed by atoms with E-state index in [0.717, 1.165) is 6.07 Å². The van der Waals surface area contributed by atoms with Crippen molar-refractivity contribution in [3.63, 3.8) is 0 Å². The smallest absolute Gasteiger partial charge is 0.306 e. The number of rotatable bonds is 5. The third kappa shape index (κ3) is 3.62. The maximum absolute atomic E-state index is 13.7. The average molecular weight is 276 g/mol. The highest BCUT2D eigenvalue weighted by Crippen LogP contribution is 2.34. The van der Waals surface area contributed by atoms with Gasteiger partial charge in [-0.15, -0.1) is 0 Å². The molecule has 6 heteroatoms. The van der Waals surface area contributed by atoms with Crippen molar-refractivity contribution in [3.8, 4) is 5.75 Å². The van der Waals surface area contributed by atoms with Crippen molar-refractivity contribution in [1.82, 2.24) is 0 Å². The Labute approximate surface area is 109 Å². The summed E-state index contributed by atoms with van der Waals surface area (Å²) >= 11 is 0. The van der Waals surface area contributed by atoms with Crippen LogP contribution in [0.15, 0.2) is 12.1 Å². The summed E-state index contributed by atoms with van der Waals surface area (Å²) in [5, 5.41) is 8.82. The fourth-order valence-electron chi connectivity index (χ4n) is 1.70. The van der Waals surface area contributed by atoms with E-state index in [1.165, 1.54) is 14.0 Å². The van der Waals surface area contributed by atoms with E-state index in [2.05, 4.69) is 0 Å². The molecule has 0 aromatic heterocycles.